The molecular weight excluding hydrogens is 156 g/mol. The van der Waals surface area contributed by atoms with Crippen molar-refractivity contribution in [3.63, 3.8) is 0 Å². The highest BCUT2D eigenvalue weighted by atomic mass is 16.5. The Morgan fingerprint density at radius 2 is 2.00 bits per heavy atom. The third kappa shape index (κ3) is 2.64. The topological polar surface area (TPSA) is 43.4 Å². The van der Waals surface area contributed by atoms with Crippen LogP contribution in [-0.2, 0) is 14.3 Å². The zero-order valence-corrected chi connectivity index (χ0v) is 7.50. The normalized spacial score (nSPS) is 16.2. The standard InChI is InChI=1S/C9H14O3/c1-6(2)8(10)9(11)12-5-7-3-4-7/h6-7H,3-5H2,1-2H3. The van der Waals surface area contributed by atoms with Gasteiger partial charge in [-0.1, -0.05) is 13.8 Å². The lowest BCUT2D eigenvalue weighted by molar-refractivity contribution is -0.155. The molecule has 0 aromatic rings. The van der Waals surface area contributed by atoms with Gasteiger partial charge in [-0.25, -0.2) is 4.79 Å². The van der Waals surface area contributed by atoms with Gasteiger partial charge in [0.15, 0.2) is 0 Å². The van der Waals surface area contributed by atoms with Gasteiger partial charge in [-0.3, -0.25) is 4.79 Å². The first-order valence-corrected chi connectivity index (χ1v) is 4.32. The maximum atomic E-state index is 11.0. The number of rotatable bonds is 4. The van der Waals surface area contributed by atoms with Crippen molar-refractivity contribution in [3.05, 3.63) is 0 Å². The van der Waals surface area contributed by atoms with Crippen molar-refractivity contribution < 1.29 is 14.3 Å². The lowest BCUT2D eigenvalue weighted by atomic mass is 10.1. The van der Waals surface area contributed by atoms with E-state index in [1.165, 1.54) is 0 Å². The minimum Gasteiger partial charge on any atom is -0.460 e. The van der Waals surface area contributed by atoms with Crippen LogP contribution >= 0.6 is 0 Å². The summed E-state index contributed by atoms with van der Waals surface area (Å²) in [6, 6.07) is 0. The summed E-state index contributed by atoms with van der Waals surface area (Å²) in [4.78, 5) is 21.9. The van der Waals surface area contributed by atoms with E-state index in [2.05, 4.69) is 0 Å². The third-order valence-electron chi connectivity index (χ3n) is 1.87. The fourth-order valence-electron chi connectivity index (χ4n) is 0.785. The summed E-state index contributed by atoms with van der Waals surface area (Å²) in [7, 11) is 0. The summed E-state index contributed by atoms with van der Waals surface area (Å²) >= 11 is 0. The van der Waals surface area contributed by atoms with E-state index < -0.39 is 11.8 Å². The van der Waals surface area contributed by atoms with Gasteiger partial charge < -0.3 is 4.74 Å². The number of Topliss-reactive ketones (excluding diaryl/α,β-unsaturated/α-hetero) is 1. The number of carbonyl (C=O) groups is 2. The van der Waals surface area contributed by atoms with E-state index in [-0.39, 0.29) is 5.92 Å². The molecule has 68 valence electrons. The lowest BCUT2D eigenvalue weighted by Crippen LogP contribution is -2.23. The minimum atomic E-state index is -0.670. The predicted octanol–water partition coefficient (Wildman–Crippen LogP) is 1.16. The molecule has 0 spiro atoms. The highest BCUT2D eigenvalue weighted by molar-refractivity contribution is 6.34. The molecule has 1 saturated carbocycles. The summed E-state index contributed by atoms with van der Waals surface area (Å²) in [6.45, 7) is 3.82. The van der Waals surface area contributed by atoms with E-state index in [0.29, 0.717) is 12.5 Å². The number of carbonyl (C=O) groups excluding carboxylic acids is 2. The zero-order chi connectivity index (χ0) is 9.14. The Kier molecular flexibility index (Phi) is 2.84. The van der Waals surface area contributed by atoms with Gasteiger partial charge in [-0.2, -0.15) is 0 Å². The van der Waals surface area contributed by atoms with Crippen LogP contribution in [0.1, 0.15) is 26.7 Å². The summed E-state index contributed by atoms with van der Waals surface area (Å²) < 4.78 is 4.80. The molecule has 0 saturated heterocycles. The Hall–Kier alpha value is -0.860. The van der Waals surface area contributed by atoms with Crippen LogP contribution in [0.3, 0.4) is 0 Å². The second-order valence-corrected chi connectivity index (χ2v) is 3.56. The molecule has 0 atom stereocenters. The van der Waals surface area contributed by atoms with Crippen molar-refractivity contribution in [1.29, 1.82) is 0 Å². The van der Waals surface area contributed by atoms with E-state index in [1.807, 2.05) is 0 Å². The first-order chi connectivity index (χ1) is 5.61. The van der Waals surface area contributed by atoms with Crippen LogP contribution in [0.25, 0.3) is 0 Å². The molecule has 1 aliphatic rings. The maximum absolute atomic E-state index is 11.0. The minimum absolute atomic E-state index is 0.253. The number of ketones is 1. The molecule has 3 nitrogen and oxygen atoms in total. The van der Waals surface area contributed by atoms with Crippen molar-refractivity contribution in [2.75, 3.05) is 6.61 Å². The predicted molar refractivity (Wildman–Crippen MR) is 43.5 cm³/mol. The number of ether oxygens (including phenoxy) is 1. The van der Waals surface area contributed by atoms with Gasteiger partial charge in [0.05, 0.1) is 6.61 Å². The average molecular weight is 170 g/mol. The van der Waals surface area contributed by atoms with Crippen molar-refractivity contribution in [2.24, 2.45) is 11.8 Å². The molecule has 0 heterocycles. The van der Waals surface area contributed by atoms with E-state index >= 15 is 0 Å². The molecule has 0 radical (unpaired) electrons. The molecule has 1 aliphatic carbocycles. The molecule has 0 unspecified atom stereocenters. The van der Waals surface area contributed by atoms with Gasteiger partial charge >= 0.3 is 5.97 Å². The maximum Gasteiger partial charge on any atom is 0.374 e. The Balaban J connectivity index is 2.21. The molecule has 0 aliphatic heterocycles. The number of hydrogen-bond donors (Lipinski definition) is 0. The second-order valence-electron chi connectivity index (χ2n) is 3.56. The van der Waals surface area contributed by atoms with Crippen molar-refractivity contribution >= 4 is 11.8 Å². The molecular formula is C9H14O3. The van der Waals surface area contributed by atoms with E-state index in [4.69, 9.17) is 4.74 Å². The van der Waals surface area contributed by atoms with E-state index in [0.717, 1.165) is 12.8 Å². The second kappa shape index (κ2) is 3.70. The summed E-state index contributed by atoms with van der Waals surface area (Å²) in [6.07, 6.45) is 2.26. The molecule has 0 aromatic carbocycles. The molecule has 3 heteroatoms. The third-order valence-corrected chi connectivity index (χ3v) is 1.87. The summed E-state index contributed by atoms with van der Waals surface area (Å²) in [5, 5.41) is 0. The van der Waals surface area contributed by atoms with Crippen molar-refractivity contribution in [3.8, 4) is 0 Å². The number of esters is 1. The van der Waals surface area contributed by atoms with Crippen LogP contribution < -0.4 is 0 Å². The van der Waals surface area contributed by atoms with Crippen LogP contribution in [0.4, 0.5) is 0 Å². The van der Waals surface area contributed by atoms with Gasteiger partial charge in [-0.05, 0) is 18.8 Å². The first-order valence-electron chi connectivity index (χ1n) is 4.32. The summed E-state index contributed by atoms with van der Waals surface area (Å²) in [5.74, 6) is -0.821. The van der Waals surface area contributed by atoms with Gasteiger partial charge in [-0.15, -0.1) is 0 Å². The summed E-state index contributed by atoms with van der Waals surface area (Å²) in [5.41, 5.74) is 0. The van der Waals surface area contributed by atoms with Gasteiger partial charge in [0, 0.05) is 5.92 Å². The fourth-order valence-corrected chi connectivity index (χ4v) is 0.785. The number of hydrogen-bond acceptors (Lipinski definition) is 3. The Labute approximate surface area is 72.1 Å². The molecule has 0 aromatic heterocycles. The first kappa shape index (κ1) is 9.23. The highest BCUT2D eigenvalue weighted by Gasteiger charge is 2.25. The van der Waals surface area contributed by atoms with E-state index in [1.54, 1.807) is 13.8 Å². The Morgan fingerprint density at radius 3 is 2.42 bits per heavy atom. The SMILES string of the molecule is CC(C)C(=O)C(=O)OCC1CC1. The van der Waals surface area contributed by atoms with Gasteiger partial charge in [0.2, 0.25) is 5.78 Å². The lowest BCUT2D eigenvalue weighted by Gasteiger charge is -2.03. The monoisotopic (exact) mass is 170 g/mol. The molecule has 1 rings (SSSR count). The zero-order valence-electron chi connectivity index (χ0n) is 7.50. The molecule has 1 fully saturated rings. The molecule has 0 N–H and O–H groups in total. The smallest absolute Gasteiger partial charge is 0.374 e. The fraction of sp³-hybridized carbons (Fsp3) is 0.778. The molecule has 12 heavy (non-hydrogen) atoms. The van der Waals surface area contributed by atoms with Crippen molar-refractivity contribution in [2.45, 2.75) is 26.7 Å². The largest absolute Gasteiger partial charge is 0.460 e. The van der Waals surface area contributed by atoms with Crippen LogP contribution in [-0.4, -0.2) is 18.4 Å². The van der Waals surface area contributed by atoms with Crippen LogP contribution in [0.2, 0.25) is 0 Å². The quantitative estimate of drug-likeness (QED) is 0.469. The molecule has 0 amide bonds. The van der Waals surface area contributed by atoms with Crippen LogP contribution in [0.5, 0.6) is 0 Å². The average Bonchev–Trinajstić information content (AvgIpc) is 2.81. The van der Waals surface area contributed by atoms with Crippen molar-refractivity contribution in [1.82, 2.24) is 0 Å². The van der Waals surface area contributed by atoms with E-state index in [9.17, 15) is 9.59 Å². The Bertz CT molecular complexity index is 192. The van der Waals surface area contributed by atoms with Crippen LogP contribution in [0, 0.1) is 11.8 Å². The van der Waals surface area contributed by atoms with Crippen LogP contribution in [0.15, 0.2) is 0 Å². The highest BCUT2D eigenvalue weighted by Crippen LogP contribution is 2.28. The molecule has 0 bridgehead atoms. The van der Waals surface area contributed by atoms with Gasteiger partial charge in [0.25, 0.3) is 0 Å². The van der Waals surface area contributed by atoms with Gasteiger partial charge in [0.1, 0.15) is 0 Å². The Morgan fingerprint density at radius 1 is 1.42 bits per heavy atom.